The molecule has 1 aromatic rings. The lowest BCUT2D eigenvalue weighted by molar-refractivity contribution is -0.128. The first-order valence-electron chi connectivity index (χ1n) is 8.48. The van der Waals surface area contributed by atoms with Gasteiger partial charge in [-0.2, -0.15) is 0 Å². The number of amides is 2. The van der Waals surface area contributed by atoms with E-state index in [4.69, 9.17) is 0 Å². The number of benzene rings is 1. The summed E-state index contributed by atoms with van der Waals surface area (Å²) in [5.74, 6) is 0.323. The maximum Gasteiger partial charge on any atom is 0.234 e. The highest BCUT2D eigenvalue weighted by atomic mass is 16.2. The van der Waals surface area contributed by atoms with Crippen LogP contribution >= 0.6 is 0 Å². The van der Waals surface area contributed by atoms with Crippen LogP contribution in [0.15, 0.2) is 24.3 Å². The third kappa shape index (κ3) is 4.10. The highest BCUT2D eigenvalue weighted by molar-refractivity contribution is 5.78. The van der Waals surface area contributed by atoms with E-state index >= 15 is 0 Å². The van der Waals surface area contributed by atoms with E-state index in [-0.39, 0.29) is 11.8 Å². The number of carbonyl (C=O) groups excluding carboxylic acids is 2. The van der Waals surface area contributed by atoms with Gasteiger partial charge in [-0.05, 0) is 30.9 Å². The number of likely N-dealkylation sites (tertiary alicyclic amines) is 2. The van der Waals surface area contributed by atoms with Crippen LogP contribution in [0.3, 0.4) is 0 Å². The number of nitrogens with zero attached hydrogens (tertiary/aromatic N) is 2. The molecule has 0 aliphatic carbocycles. The normalized spacial score (nSPS) is 21.3. The molecule has 2 aliphatic rings. The summed E-state index contributed by atoms with van der Waals surface area (Å²) < 4.78 is 0. The molecule has 2 aliphatic heterocycles. The van der Waals surface area contributed by atoms with E-state index in [0.717, 1.165) is 30.6 Å². The lowest BCUT2D eigenvalue weighted by Gasteiger charge is -2.37. The predicted molar refractivity (Wildman–Crippen MR) is 88.6 cm³/mol. The second-order valence-electron chi connectivity index (χ2n) is 6.62. The zero-order valence-electron chi connectivity index (χ0n) is 13.8. The standard InChI is InChI=1S/C18H25N3O2/c1-14-7-9-20(14)13-17(22)19-11-15-4-2-5-16(10-15)12-21-8-3-6-18(21)23/h2,4-5,10,14H,3,6-9,11-13H2,1H3,(H,19,22). The molecule has 1 atom stereocenters. The fourth-order valence-electron chi connectivity index (χ4n) is 3.18. The maximum absolute atomic E-state index is 12.0. The molecule has 1 unspecified atom stereocenters. The van der Waals surface area contributed by atoms with Crippen LogP contribution in [0.1, 0.15) is 37.3 Å². The molecule has 5 nitrogen and oxygen atoms in total. The van der Waals surface area contributed by atoms with Gasteiger partial charge in [0.1, 0.15) is 0 Å². The lowest BCUT2D eigenvalue weighted by atomic mass is 10.1. The Balaban J connectivity index is 1.49. The van der Waals surface area contributed by atoms with Crippen LogP contribution in [-0.2, 0) is 22.7 Å². The first-order chi connectivity index (χ1) is 11.1. The average Bonchev–Trinajstić information content (AvgIpc) is 2.94. The van der Waals surface area contributed by atoms with Crippen molar-refractivity contribution >= 4 is 11.8 Å². The van der Waals surface area contributed by atoms with Gasteiger partial charge >= 0.3 is 0 Å². The number of rotatable bonds is 6. The van der Waals surface area contributed by atoms with Gasteiger partial charge in [0.25, 0.3) is 0 Å². The van der Waals surface area contributed by atoms with Crippen molar-refractivity contribution < 1.29 is 9.59 Å². The molecule has 2 amide bonds. The van der Waals surface area contributed by atoms with Gasteiger partial charge in [-0.3, -0.25) is 14.5 Å². The van der Waals surface area contributed by atoms with Crippen molar-refractivity contribution in [3.05, 3.63) is 35.4 Å². The van der Waals surface area contributed by atoms with Gasteiger partial charge in [0.2, 0.25) is 11.8 Å². The van der Waals surface area contributed by atoms with Crippen molar-refractivity contribution in [2.24, 2.45) is 0 Å². The van der Waals surface area contributed by atoms with Crippen LogP contribution in [-0.4, -0.2) is 47.3 Å². The summed E-state index contributed by atoms with van der Waals surface area (Å²) >= 11 is 0. The number of hydrogen-bond donors (Lipinski definition) is 1. The van der Waals surface area contributed by atoms with Gasteiger partial charge in [-0.25, -0.2) is 0 Å². The van der Waals surface area contributed by atoms with E-state index in [9.17, 15) is 9.59 Å². The molecule has 0 bridgehead atoms. The zero-order chi connectivity index (χ0) is 16.2. The molecular weight excluding hydrogens is 290 g/mol. The van der Waals surface area contributed by atoms with Gasteiger partial charge < -0.3 is 10.2 Å². The zero-order valence-corrected chi connectivity index (χ0v) is 13.8. The second-order valence-corrected chi connectivity index (χ2v) is 6.62. The lowest BCUT2D eigenvalue weighted by Crippen LogP contribution is -2.50. The summed E-state index contributed by atoms with van der Waals surface area (Å²) in [5, 5.41) is 2.99. The van der Waals surface area contributed by atoms with Crippen molar-refractivity contribution in [1.82, 2.24) is 15.1 Å². The number of nitrogens with one attached hydrogen (secondary N) is 1. The minimum absolute atomic E-state index is 0.0803. The second kappa shape index (κ2) is 7.13. The average molecular weight is 315 g/mol. The number of hydrogen-bond acceptors (Lipinski definition) is 3. The first-order valence-corrected chi connectivity index (χ1v) is 8.48. The molecule has 2 fully saturated rings. The van der Waals surface area contributed by atoms with Crippen molar-refractivity contribution in [2.45, 2.75) is 45.3 Å². The van der Waals surface area contributed by atoms with Gasteiger partial charge in [0.15, 0.2) is 0 Å². The quantitative estimate of drug-likeness (QED) is 0.866. The topological polar surface area (TPSA) is 52.7 Å². The molecular formula is C18H25N3O2. The van der Waals surface area contributed by atoms with E-state index in [2.05, 4.69) is 23.2 Å². The van der Waals surface area contributed by atoms with Crippen LogP contribution in [0.4, 0.5) is 0 Å². The molecule has 0 aromatic heterocycles. The molecule has 2 saturated heterocycles. The molecule has 5 heteroatoms. The Labute approximate surface area is 137 Å². The van der Waals surface area contributed by atoms with Crippen LogP contribution in [0.2, 0.25) is 0 Å². The maximum atomic E-state index is 12.0. The largest absolute Gasteiger partial charge is 0.351 e. The monoisotopic (exact) mass is 315 g/mol. The van der Waals surface area contributed by atoms with E-state index in [0.29, 0.717) is 32.1 Å². The van der Waals surface area contributed by atoms with Crippen LogP contribution < -0.4 is 5.32 Å². The Kier molecular flexibility index (Phi) is 4.96. The SMILES string of the molecule is CC1CCN1CC(=O)NCc1cccc(CN2CCCC2=O)c1. The van der Waals surface area contributed by atoms with Crippen molar-refractivity contribution in [2.75, 3.05) is 19.6 Å². The molecule has 1 aromatic carbocycles. The van der Waals surface area contributed by atoms with Crippen molar-refractivity contribution in [3.8, 4) is 0 Å². The third-order valence-electron chi connectivity index (χ3n) is 4.83. The fourth-order valence-corrected chi connectivity index (χ4v) is 3.18. The predicted octanol–water partition coefficient (Wildman–Crippen LogP) is 1.52. The summed E-state index contributed by atoms with van der Waals surface area (Å²) in [5.41, 5.74) is 2.21. The third-order valence-corrected chi connectivity index (χ3v) is 4.83. The van der Waals surface area contributed by atoms with Crippen molar-refractivity contribution in [1.29, 1.82) is 0 Å². The molecule has 2 heterocycles. The van der Waals surface area contributed by atoms with E-state index in [1.165, 1.54) is 6.42 Å². The molecule has 0 spiro atoms. The number of carbonyl (C=O) groups is 2. The van der Waals surface area contributed by atoms with Crippen LogP contribution in [0, 0.1) is 0 Å². The van der Waals surface area contributed by atoms with Gasteiger partial charge in [0.05, 0.1) is 6.54 Å². The Morgan fingerprint density at radius 2 is 2.13 bits per heavy atom. The summed E-state index contributed by atoms with van der Waals surface area (Å²) in [6.45, 7) is 5.74. The van der Waals surface area contributed by atoms with E-state index in [1.54, 1.807) is 0 Å². The highest BCUT2D eigenvalue weighted by Gasteiger charge is 2.25. The van der Waals surface area contributed by atoms with E-state index in [1.807, 2.05) is 23.1 Å². The summed E-state index contributed by atoms with van der Waals surface area (Å²) in [7, 11) is 0. The van der Waals surface area contributed by atoms with Crippen LogP contribution in [0.5, 0.6) is 0 Å². The Hall–Kier alpha value is -1.88. The summed E-state index contributed by atoms with van der Waals surface area (Å²) in [4.78, 5) is 27.8. The summed E-state index contributed by atoms with van der Waals surface area (Å²) in [6.07, 6.45) is 2.82. The minimum atomic E-state index is 0.0803. The molecule has 23 heavy (non-hydrogen) atoms. The van der Waals surface area contributed by atoms with E-state index < -0.39 is 0 Å². The molecule has 0 saturated carbocycles. The molecule has 1 N–H and O–H groups in total. The summed E-state index contributed by atoms with van der Waals surface area (Å²) in [6, 6.07) is 8.66. The first kappa shape index (κ1) is 16.0. The minimum Gasteiger partial charge on any atom is -0.351 e. The molecule has 0 radical (unpaired) electrons. The Morgan fingerprint density at radius 1 is 1.30 bits per heavy atom. The molecule has 124 valence electrons. The van der Waals surface area contributed by atoms with Crippen LogP contribution in [0.25, 0.3) is 0 Å². The van der Waals surface area contributed by atoms with Gasteiger partial charge in [-0.15, -0.1) is 0 Å². The molecule has 3 rings (SSSR count). The van der Waals surface area contributed by atoms with Gasteiger partial charge in [0, 0.05) is 38.6 Å². The highest BCUT2D eigenvalue weighted by Crippen LogP contribution is 2.16. The fraction of sp³-hybridized carbons (Fsp3) is 0.556. The smallest absolute Gasteiger partial charge is 0.234 e. The Morgan fingerprint density at radius 3 is 2.78 bits per heavy atom. The van der Waals surface area contributed by atoms with Gasteiger partial charge in [-0.1, -0.05) is 24.3 Å². The van der Waals surface area contributed by atoms with Crippen molar-refractivity contribution in [3.63, 3.8) is 0 Å². The Bertz CT molecular complexity index is 587.